The monoisotopic (exact) mass is 331 g/mol. The molecule has 2 rings (SSSR count). The van der Waals surface area contributed by atoms with Crippen molar-refractivity contribution in [1.29, 1.82) is 0 Å². The summed E-state index contributed by atoms with van der Waals surface area (Å²) in [6.07, 6.45) is -4.28. The van der Waals surface area contributed by atoms with Gasteiger partial charge in [0.15, 0.2) is 6.61 Å². The first-order valence-electron chi connectivity index (χ1n) is 6.94. The average Bonchev–Trinajstić information content (AvgIpc) is 2.88. The largest absolute Gasteiger partial charge is 0.483 e. The Morgan fingerprint density at radius 1 is 1.35 bits per heavy atom. The number of rotatable bonds is 4. The Morgan fingerprint density at radius 3 is 2.57 bits per heavy atom. The summed E-state index contributed by atoms with van der Waals surface area (Å²) in [5, 5.41) is 9.11. The third kappa shape index (κ3) is 3.75. The fraction of sp³-hybridized carbons (Fsp3) is 0.467. The fourth-order valence-corrected chi connectivity index (χ4v) is 2.41. The molecule has 1 fully saturated rings. The molecular formula is C15H16F3NO4. The number of para-hydroxylation sites is 1. The number of amides is 1. The summed E-state index contributed by atoms with van der Waals surface area (Å²) in [6.45, 7) is 1.22. The van der Waals surface area contributed by atoms with Crippen LogP contribution in [0.15, 0.2) is 24.3 Å². The molecule has 0 radical (unpaired) electrons. The second kappa shape index (κ2) is 6.10. The van der Waals surface area contributed by atoms with Crippen LogP contribution in [0.1, 0.15) is 18.9 Å². The lowest BCUT2D eigenvalue weighted by Gasteiger charge is -2.20. The lowest BCUT2D eigenvalue weighted by atomic mass is 9.90. The van der Waals surface area contributed by atoms with E-state index < -0.39 is 41.4 Å². The van der Waals surface area contributed by atoms with Crippen molar-refractivity contribution in [3.05, 3.63) is 29.8 Å². The summed E-state index contributed by atoms with van der Waals surface area (Å²) < 4.78 is 43.5. The highest BCUT2D eigenvalue weighted by Crippen LogP contribution is 2.36. The van der Waals surface area contributed by atoms with Gasteiger partial charge in [0.25, 0.3) is 5.91 Å². The molecule has 1 aromatic rings. The lowest BCUT2D eigenvalue weighted by Crippen LogP contribution is -2.37. The maximum Gasteiger partial charge on any atom is 0.419 e. The number of hydrogen-bond acceptors (Lipinski definition) is 3. The maximum absolute atomic E-state index is 12.8. The molecule has 1 saturated heterocycles. The Labute approximate surface area is 130 Å². The molecule has 126 valence electrons. The van der Waals surface area contributed by atoms with Gasteiger partial charge in [-0.25, -0.2) is 0 Å². The Hall–Kier alpha value is -2.25. The molecule has 1 amide bonds. The van der Waals surface area contributed by atoms with Gasteiger partial charge < -0.3 is 14.7 Å². The van der Waals surface area contributed by atoms with E-state index in [0.29, 0.717) is 6.42 Å². The molecule has 1 aromatic carbocycles. The quantitative estimate of drug-likeness (QED) is 0.920. The number of likely N-dealkylation sites (tertiary alicyclic amines) is 1. The van der Waals surface area contributed by atoms with Crippen LogP contribution in [-0.4, -0.2) is 41.6 Å². The number of nitrogens with zero attached hydrogens (tertiary/aromatic N) is 1. The van der Waals surface area contributed by atoms with Crippen molar-refractivity contribution in [1.82, 2.24) is 4.90 Å². The van der Waals surface area contributed by atoms with Crippen molar-refractivity contribution < 1.29 is 32.6 Å². The van der Waals surface area contributed by atoms with Gasteiger partial charge in [-0.3, -0.25) is 9.59 Å². The predicted octanol–water partition coefficient (Wildman–Crippen LogP) is 2.41. The van der Waals surface area contributed by atoms with Crippen LogP contribution in [0.5, 0.6) is 5.75 Å². The van der Waals surface area contributed by atoms with Crippen molar-refractivity contribution in [2.45, 2.75) is 19.5 Å². The third-order valence-corrected chi connectivity index (χ3v) is 3.89. The molecule has 1 aliphatic rings. The predicted molar refractivity (Wildman–Crippen MR) is 73.9 cm³/mol. The van der Waals surface area contributed by atoms with Crippen LogP contribution in [0.3, 0.4) is 0 Å². The van der Waals surface area contributed by atoms with E-state index in [9.17, 15) is 22.8 Å². The van der Waals surface area contributed by atoms with Crippen molar-refractivity contribution in [3.63, 3.8) is 0 Å². The Kier molecular flexibility index (Phi) is 4.53. The molecule has 1 unspecified atom stereocenters. The zero-order valence-corrected chi connectivity index (χ0v) is 12.4. The molecule has 23 heavy (non-hydrogen) atoms. The molecule has 1 heterocycles. The number of ether oxygens (including phenoxy) is 1. The van der Waals surface area contributed by atoms with Crippen molar-refractivity contribution >= 4 is 11.9 Å². The van der Waals surface area contributed by atoms with E-state index in [-0.39, 0.29) is 13.1 Å². The molecule has 8 heteroatoms. The SMILES string of the molecule is CC1(C(=O)O)CCN(C(=O)COc2ccccc2C(F)(F)F)C1. The van der Waals surface area contributed by atoms with Gasteiger partial charge in [-0.1, -0.05) is 12.1 Å². The molecule has 0 saturated carbocycles. The minimum atomic E-state index is -4.57. The van der Waals surface area contributed by atoms with E-state index in [4.69, 9.17) is 9.84 Å². The molecule has 0 bridgehead atoms. The fourth-order valence-electron chi connectivity index (χ4n) is 2.41. The van der Waals surface area contributed by atoms with Gasteiger partial charge in [0, 0.05) is 13.1 Å². The number of carboxylic acids is 1. The Bertz CT molecular complexity index is 617. The van der Waals surface area contributed by atoms with E-state index in [1.807, 2.05) is 0 Å². The van der Waals surface area contributed by atoms with Crippen LogP contribution >= 0.6 is 0 Å². The molecule has 0 aromatic heterocycles. The number of alkyl halides is 3. The minimum absolute atomic E-state index is 0.0193. The van der Waals surface area contributed by atoms with Gasteiger partial charge in [-0.15, -0.1) is 0 Å². The molecular weight excluding hydrogens is 315 g/mol. The van der Waals surface area contributed by atoms with Crippen LogP contribution in [0, 0.1) is 5.41 Å². The molecule has 1 aliphatic heterocycles. The van der Waals surface area contributed by atoms with Crippen molar-refractivity contribution in [2.75, 3.05) is 19.7 Å². The zero-order valence-electron chi connectivity index (χ0n) is 12.4. The number of hydrogen-bond donors (Lipinski definition) is 1. The molecule has 0 spiro atoms. The van der Waals surface area contributed by atoms with Gasteiger partial charge in [-0.05, 0) is 25.5 Å². The summed E-state index contributed by atoms with van der Waals surface area (Å²) in [7, 11) is 0. The number of benzene rings is 1. The second-order valence-corrected chi connectivity index (χ2v) is 5.71. The third-order valence-electron chi connectivity index (χ3n) is 3.89. The number of carboxylic acid groups (broad SMARTS) is 1. The summed E-state index contributed by atoms with van der Waals surface area (Å²) in [4.78, 5) is 24.4. The van der Waals surface area contributed by atoms with E-state index in [2.05, 4.69) is 0 Å². The summed E-state index contributed by atoms with van der Waals surface area (Å²) in [5.41, 5.74) is -1.98. The van der Waals surface area contributed by atoms with Gasteiger partial charge in [-0.2, -0.15) is 13.2 Å². The zero-order chi connectivity index (χ0) is 17.3. The van der Waals surface area contributed by atoms with Crippen molar-refractivity contribution in [2.24, 2.45) is 5.41 Å². The second-order valence-electron chi connectivity index (χ2n) is 5.71. The standard InChI is InChI=1S/C15H16F3NO4/c1-14(13(21)22)6-7-19(9-14)12(20)8-23-11-5-3-2-4-10(11)15(16,17)18/h2-5H,6-9H2,1H3,(H,21,22). The van der Waals surface area contributed by atoms with Crippen LogP contribution in [0.4, 0.5) is 13.2 Å². The Morgan fingerprint density at radius 2 is 2.00 bits per heavy atom. The summed E-state index contributed by atoms with van der Waals surface area (Å²) in [5.74, 6) is -1.96. The van der Waals surface area contributed by atoms with E-state index in [1.54, 1.807) is 0 Å². The van der Waals surface area contributed by atoms with E-state index in [0.717, 1.165) is 12.1 Å². The maximum atomic E-state index is 12.8. The van der Waals surface area contributed by atoms with Gasteiger partial charge in [0.2, 0.25) is 0 Å². The summed E-state index contributed by atoms with van der Waals surface area (Å²) >= 11 is 0. The normalized spacial score (nSPS) is 21.3. The van der Waals surface area contributed by atoms with Gasteiger partial charge in [0.1, 0.15) is 5.75 Å². The first kappa shape index (κ1) is 17.1. The van der Waals surface area contributed by atoms with Crippen LogP contribution in [-0.2, 0) is 15.8 Å². The van der Waals surface area contributed by atoms with E-state index >= 15 is 0 Å². The number of aliphatic carboxylic acids is 1. The van der Waals surface area contributed by atoms with E-state index in [1.165, 1.54) is 24.0 Å². The molecule has 0 aliphatic carbocycles. The molecule has 1 N–H and O–H groups in total. The number of carbonyl (C=O) groups excluding carboxylic acids is 1. The van der Waals surface area contributed by atoms with Crippen molar-refractivity contribution in [3.8, 4) is 5.75 Å². The highest BCUT2D eigenvalue weighted by molar-refractivity contribution is 5.81. The number of carbonyl (C=O) groups is 2. The first-order valence-corrected chi connectivity index (χ1v) is 6.94. The first-order chi connectivity index (χ1) is 10.6. The number of halogens is 3. The lowest BCUT2D eigenvalue weighted by molar-refractivity contribution is -0.147. The minimum Gasteiger partial charge on any atom is -0.483 e. The topological polar surface area (TPSA) is 66.8 Å². The van der Waals surface area contributed by atoms with Crippen LogP contribution < -0.4 is 4.74 Å². The molecule has 1 atom stereocenters. The van der Waals surface area contributed by atoms with Gasteiger partial charge in [0.05, 0.1) is 11.0 Å². The van der Waals surface area contributed by atoms with Gasteiger partial charge >= 0.3 is 12.1 Å². The average molecular weight is 331 g/mol. The van der Waals surface area contributed by atoms with Crippen LogP contribution in [0.25, 0.3) is 0 Å². The highest BCUT2D eigenvalue weighted by atomic mass is 19.4. The Balaban J connectivity index is 2.00. The molecule has 5 nitrogen and oxygen atoms in total. The van der Waals surface area contributed by atoms with Crippen LogP contribution in [0.2, 0.25) is 0 Å². The smallest absolute Gasteiger partial charge is 0.419 e. The highest BCUT2D eigenvalue weighted by Gasteiger charge is 2.42. The summed E-state index contributed by atoms with van der Waals surface area (Å²) in [6, 6.07) is 4.63.